The van der Waals surface area contributed by atoms with Crippen LogP contribution in [0.15, 0.2) is 33.9 Å². The lowest BCUT2D eigenvalue weighted by molar-refractivity contribution is -0.291. The van der Waals surface area contributed by atoms with Gasteiger partial charge in [-0.05, 0) is 28.1 Å². The summed E-state index contributed by atoms with van der Waals surface area (Å²) in [6.07, 6.45) is -3.44. The molecule has 3 aromatic rings. The molecule has 150 valence electrons. The van der Waals surface area contributed by atoms with E-state index >= 15 is 0 Å². The van der Waals surface area contributed by atoms with Gasteiger partial charge in [-0.2, -0.15) is 27.1 Å². The fourth-order valence-corrected chi connectivity index (χ4v) is 3.73. The fraction of sp³-hybridized carbons (Fsp3) is 0.286. The summed E-state index contributed by atoms with van der Waals surface area (Å²) in [5, 5.41) is 10.1. The van der Waals surface area contributed by atoms with Crippen LogP contribution in [0.25, 0.3) is 16.9 Å². The molecule has 0 amide bonds. The maximum atomic E-state index is 13.5. The van der Waals surface area contributed by atoms with E-state index in [1.165, 1.54) is 19.2 Å². The van der Waals surface area contributed by atoms with Crippen LogP contribution in [0.3, 0.4) is 0 Å². The van der Waals surface area contributed by atoms with Gasteiger partial charge in [0.05, 0.1) is 11.9 Å². The number of sulfone groups is 1. The highest BCUT2D eigenvalue weighted by Crippen LogP contribution is 2.43. The number of hydrogen-bond acceptors (Lipinski definition) is 6. The maximum Gasteiger partial charge on any atom is 0.459 e. The summed E-state index contributed by atoms with van der Waals surface area (Å²) in [6.45, 7) is 1.41. The zero-order chi connectivity index (χ0) is 20.9. The van der Waals surface area contributed by atoms with Gasteiger partial charge in [-0.15, -0.1) is 10.2 Å². The Morgan fingerprint density at radius 1 is 1.11 bits per heavy atom. The first-order valence-corrected chi connectivity index (χ1v) is 9.88. The SMILES string of the molecule is CCS(=O)(=O)c1cc(Br)cnc1-n1cc2nnc(C(F)(F)C(F)(F)F)cc2n1. The summed E-state index contributed by atoms with van der Waals surface area (Å²) in [4.78, 5) is 3.76. The first-order valence-electron chi connectivity index (χ1n) is 7.43. The van der Waals surface area contributed by atoms with Gasteiger partial charge in [0, 0.05) is 10.7 Å². The summed E-state index contributed by atoms with van der Waals surface area (Å²) in [6, 6.07) is 1.72. The van der Waals surface area contributed by atoms with Gasteiger partial charge in [0.15, 0.2) is 15.7 Å². The van der Waals surface area contributed by atoms with Crippen molar-refractivity contribution in [2.24, 2.45) is 0 Å². The van der Waals surface area contributed by atoms with E-state index < -0.39 is 27.6 Å². The third kappa shape index (κ3) is 3.45. The normalized spacial score (nSPS) is 13.2. The van der Waals surface area contributed by atoms with Gasteiger partial charge in [-0.1, -0.05) is 6.92 Å². The molecule has 3 heterocycles. The van der Waals surface area contributed by atoms with Gasteiger partial charge in [0.2, 0.25) is 0 Å². The number of halogens is 6. The first-order chi connectivity index (χ1) is 12.9. The molecule has 0 saturated heterocycles. The van der Waals surface area contributed by atoms with E-state index in [-0.39, 0.29) is 27.5 Å². The van der Waals surface area contributed by atoms with E-state index in [0.29, 0.717) is 10.5 Å². The molecular formula is C14H9BrF5N5O2S. The summed E-state index contributed by atoms with van der Waals surface area (Å²) >= 11 is 3.11. The van der Waals surface area contributed by atoms with Gasteiger partial charge in [-0.3, -0.25) is 0 Å². The zero-order valence-corrected chi connectivity index (χ0v) is 16.1. The highest BCUT2D eigenvalue weighted by Gasteiger charge is 2.60. The number of alkyl halides is 5. The van der Waals surface area contributed by atoms with Crippen molar-refractivity contribution in [1.82, 2.24) is 25.0 Å². The highest BCUT2D eigenvalue weighted by atomic mass is 79.9. The number of nitrogens with zero attached hydrogens (tertiary/aromatic N) is 5. The van der Waals surface area contributed by atoms with Gasteiger partial charge in [0.25, 0.3) is 0 Å². The van der Waals surface area contributed by atoms with E-state index in [1.807, 2.05) is 0 Å². The molecule has 0 bridgehead atoms. The molecule has 3 rings (SSSR count). The minimum atomic E-state index is -5.85. The van der Waals surface area contributed by atoms with Crippen LogP contribution in [0.1, 0.15) is 12.6 Å². The molecule has 0 aliphatic heterocycles. The van der Waals surface area contributed by atoms with Crippen LogP contribution in [-0.4, -0.2) is 45.3 Å². The van der Waals surface area contributed by atoms with Crippen molar-refractivity contribution >= 4 is 36.8 Å². The second-order valence-corrected chi connectivity index (χ2v) is 8.69. The largest absolute Gasteiger partial charge is 0.459 e. The Hall–Kier alpha value is -2.22. The zero-order valence-electron chi connectivity index (χ0n) is 13.7. The van der Waals surface area contributed by atoms with Crippen molar-refractivity contribution in [2.75, 3.05) is 5.75 Å². The molecule has 0 atom stereocenters. The Morgan fingerprint density at radius 2 is 1.79 bits per heavy atom. The van der Waals surface area contributed by atoms with Crippen molar-refractivity contribution in [3.05, 3.63) is 34.7 Å². The molecule has 0 unspecified atom stereocenters. The Morgan fingerprint density at radius 3 is 2.39 bits per heavy atom. The van der Waals surface area contributed by atoms with Gasteiger partial charge < -0.3 is 0 Å². The van der Waals surface area contributed by atoms with Gasteiger partial charge in [-0.25, -0.2) is 18.1 Å². The molecule has 0 aliphatic carbocycles. The predicted octanol–water partition coefficient (Wildman–Crippen LogP) is 3.42. The van der Waals surface area contributed by atoms with E-state index in [4.69, 9.17) is 0 Å². The minimum absolute atomic E-state index is 0.119. The van der Waals surface area contributed by atoms with Crippen LogP contribution in [0.5, 0.6) is 0 Å². The van der Waals surface area contributed by atoms with Crippen molar-refractivity contribution in [3.8, 4) is 5.82 Å². The lowest BCUT2D eigenvalue weighted by Gasteiger charge is -2.17. The minimum Gasteiger partial charge on any atom is -0.235 e. The number of aromatic nitrogens is 5. The Labute approximate surface area is 162 Å². The third-order valence-electron chi connectivity index (χ3n) is 3.67. The molecule has 7 nitrogen and oxygen atoms in total. The van der Waals surface area contributed by atoms with Crippen LogP contribution in [0.4, 0.5) is 22.0 Å². The highest BCUT2D eigenvalue weighted by molar-refractivity contribution is 9.10. The number of fused-ring (bicyclic) bond motifs is 1. The second kappa shape index (κ2) is 6.69. The van der Waals surface area contributed by atoms with Crippen LogP contribution < -0.4 is 0 Å². The van der Waals surface area contributed by atoms with Crippen LogP contribution >= 0.6 is 15.9 Å². The third-order valence-corrected chi connectivity index (χ3v) is 5.84. The topological polar surface area (TPSA) is 90.6 Å². The standard InChI is InChI=1S/C14H9BrF5N5O2S/c1-2-28(26,27)10-3-7(15)5-21-12(10)25-6-9-8(24-25)4-11(23-22-9)13(16,17)14(18,19)20/h3-6H,2H2,1H3. The number of hydrogen-bond donors (Lipinski definition) is 0. The molecule has 0 aliphatic rings. The lowest BCUT2D eigenvalue weighted by Crippen LogP contribution is -2.34. The van der Waals surface area contributed by atoms with Crippen molar-refractivity contribution in [1.29, 1.82) is 0 Å². The smallest absolute Gasteiger partial charge is 0.235 e. The van der Waals surface area contributed by atoms with E-state index in [2.05, 4.69) is 36.2 Å². The first kappa shape index (κ1) is 20.5. The number of pyridine rings is 1. The summed E-state index contributed by atoms with van der Waals surface area (Å²) in [5.41, 5.74) is -2.08. The monoisotopic (exact) mass is 485 g/mol. The van der Waals surface area contributed by atoms with Gasteiger partial charge in [0.1, 0.15) is 21.6 Å². The molecular weight excluding hydrogens is 477 g/mol. The molecule has 0 fully saturated rings. The van der Waals surface area contributed by atoms with Crippen LogP contribution in [0, 0.1) is 0 Å². The molecule has 0 aromatic carbocycles. The average Bonchev–Trinajstić information content (AvgIpc) is 3.03. The van der Waals surface area contributed by atoms with Crippen molar-refractivity contribution in [3.63, 3.8) is 0 Å². The van der Waals surface area contributed by atoms with Crippen LogP contribution in [0.2, 0.25) is 0 Å². The van der Waals surface area contributed by atoms with Gasteiger partial charge >= 0.3 is 12.1 Å². The molecule has 0 spiro atoms. The predicted molar refractivity (Wildman–Crippen MR) is 89.8 cm³/mol. The molecule has 28 heavy (non-hydrogen) atoms. The Balaban J connectivity index is 2.18. The second-order valence-electron chi connectivity index (χ2n) is 5.52. The molecule has 0 N–H and O–H groups in total. The van der Waals surface area contributed by atoms with E-state index in [9.17, 15) is 30.4 Å². The molecule has 14 heteroatoms. The van der Waals surface area contributed by atoms with Crippen molar-refractivity contribution < 1.29 is 30.4 Å². The molecule has 0 saturated carbocycles. The van der Waals surface area contributed by atoms with Crippen molar-refractivity contribution in [2.45, 2.75) is 23.9 Å². The molecule has 0 radical (unpaired) electrons. The fourth-order valence-electron chi connectivity index (χ4n) is 2.20. The quantitative estimate of drug-likeness (QED) is 0.526. The average molecular weight is 486 g/mol. The van der Waals surface area contributed by atoms with Crippen LogP contribution in [-0.2, 0) is 15.8 Å². The number of rotatable bonds is 4. The Bertz CT molecular complexity index is 1160. The van der Waals surface area contributed by atoms with E-state index in [1.54, 1.807) is 0 Å². The summed E-state index contributed by atoms with van der Waals surface area (Å²) in [5.74, 6) is -5.63. The Kier molecular flexibility index (Phi) is 4.90. The van der Waals surface area contributed by atoms with E-state index in [0.717, 1.165) is 10.9 Å². The summed E-state index contributed by atoms with van der Waals surface area (Å²) < 4.78 is 90.4. The molecule has 3 aromatic heterocycles. The maximum absolute atomic E-state index is 13.5. The summed E-state index contributed by atoms with van der Waals surface area (Å²) in [7, 11) is -3.75. The lowest BCUT2D eigenvalue weighted by atomic mass is 10.2.